The summed E-state index contributed by atoms with van der Waals surface area (Å²) in [5, 5.41) is 4.01. The number of rotatable bonds is 6. The predicted octanol–water partition coefficient (Wildman–Crippen LogP) is 2.28. The number of sulfonamides is 1. The van der Waals surface area contributed by atoms with E-state index < -0.39 is 16.1 Å². The largest absolute Gasteiger partial charge is 0.358 e. The fraction of sp³-hybridized carbons (Fsp3) is 0.353. The van der Waals surface area contributed by atoms with Gasteiger partial charge in [-0.15, -0.1) is 0 Å². The summed E-state index contributed by atoms with van der Waals surface area (Å²) in [6.45, 7) is 3.78. The summed E-state index contributed by atoms with van der Waals surface area (Å²) >= 11 is 0. The molecule has 0 aliphatic rings. The monoisotopic (exact) mass is 334 g/mol. The minimum atomic E-state index is -3.81. The van der Waals surface area contributed by atoms with Crippen LogP contribution in [0.2, 0.25) is 0 Å². The summed E-state index contributed by atoms with van der Waals surface area (Å²) in [6, 6.07) is 11.6. The van der Waals surface area contributed by atoms with Crippen LogP contribution in [0.1, 0.15) is 20.3 Å². The molecule has 0 aliphatic heterocycles. The van der Waals surface area contributed by atoms with E-state index in [1.165, 1.54) is 7.05 Å². The van der Waals surface area contributed by atoms with Crippen molar-refractivity contribution in [1.29, 1.82) is 0 Å². The van der Waals surface area contributed by atoms with Crippen molar-refractivity contribution >= 4 is 26.7 Å². The number of carbonyl (C=O) groups excluding carboxylic acids is 1. The molecule has 0 aromatic heterocycles. The van der Waals surface area contributed by atoms with Gasteiger partial charge in [-0.1, -0.05) is 56.7 Å². The third kappa shape index (κ3) is 3.71. The van der Waals surface area contributed by atoms with Crippen molar-refractivity contribution in [2.45, 2.75) is 31.2 Å². The first-order valence-electron chi connectivity index (χ1n) is 7.62. The zero-order valence-corrected chi connectivity index (χ0v) is 14.4. The highest BCUT2D eigenvalue weighted by Gasteiger charge is 2.29. The van der Waals surface area contributed by atoms with Crippen LogP contribution in [0.5, 0.6) is 0 Å². The Hall–Kier alpha value is -1.92. The zero-order valence-electron chi connectivity index (χ0n) is 13.5. The molecule has 6 heteroatoms. The summed E-state index contributed by atoms with van der Waals surface area (Å²) < 4.78 is 28.2. The molecule has 0 aliphatic carbocycles. The second kappa shape index (κ2) is 7.10. The van der Waals surface area contributed by atoms with Crippen molar-refractivity contribution in [2.75, 3.05) is 7.05 Å². The van der Waals surface area contributed by atoms with Gasteiger partial charge in [-0.25, -0.2) is 8.42 Å². The lowest BCUT2D eigenvalue weighted by atomic mass is 10.00. The maximum atomic E-state index is 12.8. The molecule has 0 heterocycles. The lowest BCUT2D eigenvalue weighted by Crippen LogP contribution is -2.49. The Balaban J connectivity index is 2.45. The first kappa shape index (κ1) is 17.4. The highest BCUT2D eigenvalue weighted by molar-refractivity contribution is 7.89. The molecule has 0 saturated carbocycles. The number of fused-ring (bicyclic) bond motifs is 1. The van der Waals surface area contributed by atoms with E-state index in [1.807, 2.05) is 32.0 Å². The lowest BCUT2D eigenvalue weighted by Gasteiger charge is -2.23. The van der Waals surface area contributed by atoms with E-state index in [-0.39, 0.29) is 16.7 Å². The number of hydrogen-bond acceptors (Lipinski definition) is 3. The summed E-state index contributed by atoms with van der Waals surface area (Å²) in [4.78, 5) is 12.2. The minimum Gasteiger partial charge on any atom is -0.358 e. The van der Waals surface area contributed by atoms with Crippen molar-refractivity contribution < 1.29 is 13.2 Å². The maximum absolute atomic E-state index is 12.8. The van der Waals surface area contributed by atoms with Crippen molar-refractivity contribution in [1.82, 2.24) is 10.0 Å². The van der Waals surface area contributed by atoms with Crippen LogP contribution in [0.15, 0.2) is 47.4 Å². The van der Waals surface area contributed by atoms with Crippen LogP contribution in [-0.2, 0) is 14.8 Å². The summed E-state index contributed by atoms with van der Waals surface area (Å²) in [5.41, 5.74) is 0. The van der Waals surface area contributed by atoms with Crippen LogP contribution in [-0.4, -0.2) is 27.4 Å². The molecule has 1 unspecified atom stereocenters. The van der Waals surface area contributed by atoms with E-state index in [9.17, 15) is 13.2 Å². The van der Waals surface area contributed by atoms with Crippen LogP contribution in [0.25, 0.3) is 10.8 Å². The van der Waals surface area contributed by atoms with Crippen molar-refractivity contribution in [2.24, 2.45) is 5.92 Å². The predicted molar refractivity (Wildman–Crippen MR) is 91.6 cm³/mol. The number of likely N-dealkylation sites (N-methyl/N-ethyl adjacent to an activating group) is 1. The highest BCUT2D eigenvalue weighted by atomic mass is 32.2. The first-order valence-corrected chi connectivity index (χ1v) is 9.10. The Labute approximate surface area is 137 Å². The fourth-order valence-corrected chi connectivity index (χ4v) is 4.01. The van der Waals surface area contributed by atoms with Gasteiger partial charge in [-0.2, -0.15) is 4.72 Å². The van der Waals surface area contributed by atoms with Crippen LogP contribution in [0.4, 0.5) is 0 Å². The van der Waals surface area contributed by atoms with Crippen molar-refractivity contribution in [3.63, 3.8) is 0 Å². The first-order chi connectivity index (χ1) is 10.9. The molecule has 0 radical (unpaired) electrons. The zero-order chi connectivity index (χ0) is 17.0. The SMILES string of the molecule is CCC(C)[C@H](NS(=O)(=O)c1cccc2ccccc12)C(=O)NC. The third-order valence-electron chi connectivity index (χ3n) is 4.06. The summed E-state index contributed by atoms with van der Waals surface area (Å²) in [7, 11) is -2.30. The summed E-state index contributed by atoms with van der Waals surface area (Å²) in [5.74, 6) is -0.442. The van der Waals surface area contributed by atoms with Crippen molar-refractivity contribution in [3.05, 3.63) is 42.5 Å². The molecule has 0 spiro atoms. The van der Waals surface area contributed by atoms with Gasteiger partial charge in [0.2, 0.25) is 15.9 Å². The molecular formula is C17H22N2O3S. The quantitative estimate of drug-likeness (QED) is 0.851. The summed E-state index contributed by atoms with van der Waals surface area (Å²) in [6.07, 6.45) is 0.691. The molecule has 2 rings (SSSR count). The Morgan fingerprint density at radius 3 is 2.43 bits per heavy atom. The Bertz CT molecular complexity index is 797. The van der Waals surface area contributed by atoms with Gasteiger partial charge in [0, 0.05) is 12.4 Å². The van der Waals surface area contributed by atoms with Crippen LogP contribution < -0.4 is 10.0 Å². The molecule has 0 fully saturated rings. The molecule has 0 bridgehead atoms. The lowest BCUT2D eigenvalue weighted by molar-refractivity contribution is -0.123. The van der Waals surface area contributed by atoms with Crippen LogP contribution >= 0.6 is 0 Å². The number of nitrogens with one attached hydrogen (secondary N) is 2. The van der Waals surface area contributed by atoms with Gasteiger partial charge in [0.1, 0.15) is 6.04 Å². The van der Waals surface area contributed by atoms with E-state index in [2.05, 4.69) is 10.0 Å². The average Bonchev–Trinajstić information content (AvgIpc) is 2.57. The molecule has 2 atom stereocenters. The Kier molecular flexibility index (Phi) is 5.38. The molecule has 2 aromatic carbocycles. The van der Waals surface area contributed by atoms with Crippen LogP contribution in [0, 0.1) is 5.92 Å². The molecular weight excluding hydrogens is 312 g/mol. The van der Waals surface area contributed by atoms with E-state index in [1.54, 1.807) is 24.3 Å². The highest BCUT2D eigenvalue weighted by Crippen LogP contribution is 2.23. The van der Waals surface area contributed by atoms with Gasteiger partial charge in [0.15, 0.2) is 0 Å². The molecule has 2 N–H and O–H groups in total. The van der Waals surface area contributed by atoms with E-state index in [0.29, 0.717) is 11.8 Å². The normalized spacial score (nSPS) is 14.4. The van der Waals surface area contributed by atoms with Gasteiger partial charge in [0.05, 0.1) is 4.90 Å². The topological polar surface area (TPSA) is 75.3 Å². The number of benzene rings is 2. The van der Waals surface area contributed by atoms with Gasteiger partial charge in [0.25, 0.3) is 0 Å². The number of carbonyl (C=O) groups is 1. The standard InChI is InChI=1S/C17H22N2O3S/c1-4-12(2)16(17(20)18-3)19-23(21,22)15-11-7-9-13-8-5-6-10-14(13)15/h5-12,16,19H,4H2,1-3H3,(H,18,20)/t12?,16-/m0/s1. The van der Waals surface area contributed by atoms with Gasteiger partial charge < -0.3 is 5.32 Å². The molecule has 23 heavy (non-hydrogen) atoms. The second-order valence-corrected chi connectivity index (χ2v) is 7.26. The maximum Gasteiger partial charge on any atom is 0.241 e. The molecule has 2 aromatic rings. The fourth-order valence-electron chi connectivity index (χ4n) is 2.48. The van der Waals surface area contributed by atoms with Crippen molar-refractivity contribution in [3.8, 4) is 0 Å². The Morgan fingerprint density at radius 2 is 1.78 bits per heavy atom. The smallest absolute Gasteiger partial charge is 0.241 e. The third-order valence-corrected chi connectivity index (χ3v) is 5.56. The number of amides is 1. The molecule has 0 saturated heterocycles. The molecule has 5 nitrogen and oxygen atoms in total. The molecule has 1 amide bonds. The van der Waals surface area contributed by atoms with E-state index in [0.717, 1.165) is 5.39 Å². The minimum absolute atomic E-state index is 0.111. The van der Waals surface area contributed by atoms with E-state index >= 15 is 0 Å². The Morgan fingerprint density at radius 1 is 1.13 bits per heavy atom. The van der Waals surface area contributed by atoms with E-state index in [4.69, 9.17) is 0 Å². The second-order valence-electron chi connectivity index (χ2n) is 5.58. The molecule has 124 valence electrons. The van der Waals surface area contributed by atoms with Gasteiger partial charge in [-0.3, -0.25) is 4.79 Å². The van der Waals surface area contributed by atoms with Gasteiger partial charge >= 0.3 is 0 Å². The average molecular weight is 334 g/mol. The van der Waals surface area contributed by atoms with Gasteiger partial charge in [-0.05, 0) is 17.4 Å². The van der Waals surface area contributed by atoms with Crippen LogP contribution in [0.3, 0.4) is 0 Å². The number of hydrogen-bond donors (Lipinski definition) is 2.